The van der Waals surface area contributed by atoms with Crippen molar-refractivity contribution in [2.75, 3.05) is 18.4 Å². The molecule has 0 saturated carbocycles. The van der Waals surface area contributed by atoms with Crippen LogP contribution in [0.15, 0.2) is 42.9 Å². The predicted molar refractivity (Wildman–Crippen MR) is 105 cm³/mol. The van der Waals surface area contributed by atoms with Gasteiger partial charge in [0, 0.05) is 36.7 Å². The molecule has 1 amide bonds. The Hall–Kier alpha value is -3.43. The molecular weight excluding hydrogens is 397 g/mol. The van der Waals surface area contributed by atoms with Gasteiger partial charge >= 0.3 is 6.18 Å². The molecule has 0 aliphatic heterocycles. The van der Waals surface area contributed by atoms with Crippen LogP contribution in [0.4, 0.5) is 19.0 Å². The minimum absolute atomic E-state index is 0.0851. The molecule has 0 bridgehead atoms. The summed E-state index contributed by atoms with van der Waals surface area (Å²) in [6, 6.07) is 4.95. The van der Waals surface area contributed by atoms with Crippen LogP contribution in [0.2, 0.25) is 0 Å². The zero-order valence-corrected chi connectivity index (χ0v) is 16.5. The van der Waals surface area contributed by atoms with Crippen LogP contribution in [0.5, 0.6) is 0 Å². The van der Waals surface area contributed by atoms with E-state index in [1.807, 2.05) is 0 Å². The monoisotopic (exact) mass is 418 g/mol. The first-order chi connectivity index (χ1) is 14.3. The Balaban J connectivity index is 1.63. The van der Waals surface area contributed by atoms with Crippen molar-refractivity contribution in [1.29, 1.82) is 0 Å². The van der Waals surface area contributed by atoms with E-state index in [1.54, 1.807) is 38.5 Å². The Morgan fingerprint density at radius 3 is 2.67 bits per heavy atom. The van der Waals surface area contributed by atoms with Crippen molar-refractivity contribution >= 4 is 11.7 Å². The van der Waals surface area contributed by atoms with Crippen LogP contribution in [0, 0.1) is 13.8 Å². The number of rotatable bonds is 7. The quantitative estimate of drug-likeness (QED) is 0.576. The largest absolute Gasteiger partial charge is 0.416 e. The van der Waals surface area contributed by atoms with E-state index in [0.717, 1.165) is 12.1 Å². The highest BCUT2D eigenvalue weighted by molar-refractivity contribution is 5.79. The number of nitrogens with one attached hydrogen (secondary N) is 2. The molecule has 2 heterocycles. The van der Waals surface area contributed by atoms with E-state index in [-0.39, 0.29) is 12.3 Å². The number of aryl methyl sites for hydroxylation is 1. The van der Waals surface area contributed by atoms with E-state index in [1.165, 1.54) is 10.7 Å². The minimum Gasteiger partial charge on any atom is -0.367 e. The lowest BCUT2D eigenvalue weighted by Gasteiger charge is -2.10. The van der Waals surface area contributed by atoms with E-state index >= 15 is 0 Å². The van der Waals surface area contributed by atoms with Crippen LogP contribution in [0.25, 0.3) is 5.69 Å². The molecule has 0 atom stereocenters. The van der Waals surface area contributed by atoms with Gasteiger partial charge in [-0.15, -0.1) is 0 Å². The molecule has 2 N–H and O–H groups in total. The van der Waals surface area contributed by atoms with Crippen molar-refractivity contribution < 1.29 is 18.0 Å². The van der Waals surface area contributed by atoms with Crippen LogP contribution < -0.4 is 10.6 Å². The van der Waals surface area contributed by atoms with Gasteiger partial charge in [-0.1, -0.05) is 6.07 Å². The van der Waals surface area contributed by atoms with Gasteiger partial charge in [-0.3, -0.25) is 9.78 Å². The zero-order valence-electron chi connectivity index (χ0n) is 16.5. The molecule has 1 aromatic carbocycles. The van der Waals surface area contributed by atoms with E-state index in [0.29, 0.717) is 41.5 Å². The molecule has 3 aromatic rings. The van der Waals surface area contributed by atoms with Gasteiger partial charge in [-0.25, -0.2) is 9.67 Å². The van der Waals surface area contributed by atoms with Crippen molar-refractivity contribution in [3.8, 4) is 5.69 Å². The van der Waals surface area contributed by atoms with Crippen LogP contribution in [0.3, 0.4) is 0 Å². The SMILES string of the molecule is Cc1nn(-c2cccc(C(F)(F)F)c2)c(C)c1CC(=O)NCCNc1cnccn1. The summed E-state index contributed by atoms with van der Waals surface area (Å²) < 4.78 is 40.4. The number of alkyl halides is 3. The second-order valence-corrected chi connectivity index (χ2v) is 6.65. The average Bonchev–Trinajstić information content (AvgIpc) is 3.00. The molecule has 0 radical (unpaired) electrons. The summed E-state index contributed by atoms with van der Waals surface area (Å²) >= 11 is 0. The van der Waals surface area contributed by atoms with Crippen molar-refractivity contribution in [3.63, 3.8) is 0 Å². The molecule has 0 fully saturated rings. The second kappa shape index (κ2) is 8.93. The van der Waals surface area contributed by atoms with Crippen LogP contribution in [-0.2, 0) is 17.4 Å². The number of nitrogens with zero attached hydrogens (tertiary/aromatic N) is 4. The van der Waals surface area contributed by atoms with Gasteiger partial charge in [-0.05, 0) is 32.0 Å². The average molecular weight is 418 g/mol. The number of anilines is 1. The van der Waals surface area contributed by atoms with Crippen LogP contribution >= 0.6 is 0 Å². The number of halogens is 3. The fraction of sp³-hybridized carbons (Fsp3) is 0.300. The Kier molecular flexibility index (Phi) is 6.34. The van der Waals surface area contributed by atoms with E-state index in [4.69, 9.17) is 0 Å². The summed E-state index contributed by atoms with van der Waals surface area (Å²) in [6.45, 7) is 4.33. The lowest BCUT2D eigenvalue weighted by Crippen LogP contribution is -2.30. The van der Waals surface area contributed by atoms with Gasteiger partial charge in [0.05, 0.1) is 29.6 Å². The maximum absolute atomic E-state index is 13.0. The number of amides is 1. The third kappa shape index (κ3) is 5.13. The summed E-state index contributed by atoms with van der Waals surface area (Å²) in [5.41, 5.74) is 1.46. The molecule has 0 saturated heterocycles. The fourth-order valence-corrected chi connectivity index (χ4v) is 3.00. The maximum atomic E-state index is 13.0. The Morgan fingerprint density at radius 2 is 1.97 bits per heavy atom. The molecule has 0 spiro atoms. The number of aromatic nitrogens is 4. The van der Waals surface area contributed by atoms with E-state index in [9.17, 15) is 18.0 Å². The lowest BCUT2D eigenvalue weighted by atomic mass is 10.1. The third-order valence-electron chi connectivity index (χ3n) is 4.51. The normalized spacial score (nSPS) is 11.4. The maximum Gasteiger partial charge on any atom is 0.416 e. The molecule has 158 valence electrons. The molecule has 3 rings (SSSR count). The predicted octanol–water partition coefficient (Wildman–Crippen LogP) is 3.07. The number of hydrogen-bond acceptors (Lipinski definition) is 5. The number of carbonyl (C=O) groups is 1. The first-order valence-corrected chi connectivity index (χ1v) is 9.25. The Morgan fingerprint density at radius 1 is 1.17 bits per heavy atom. The molecule has 10 heteroatoms. The molecule has 7 nitrogen and oxygen atoms in total. The number of hydrogen-bond donors (Lipinski definition) is 2. The Bertz CT molecular complexity index is 1020. The number of carbonyl (C=O) groups excluding carboxylic acids is 1. The van der Waals surface area contributed by atoms with Gasteiger partial charge in [0.25, 0.3) is 0 Å². The van der Waals surface area contributed by atoms with Gasteiger partial charge in [0.2, 0.25) is 5.91 Å². The molecular formula is C20H21F3N6O. The zero-order chi connectivity index (χ0) is 21.7. The van der Waals surface area contributed by atoms with Gasteiger partial charge in [-0.2, -0.15) is 18.3 Å². The van der Waals surface area contributed by atoms with Gasteiger partial charge in [0.1, 0.15) is 5.82 Å². The molecule has 30 heavy (non-hydrogen) atoms. The topological polar surface area (TPSA) is 84.7 Å². The summed E-state index contributed by atoms with van der Waals surface area (Å²) in [7, 11) is 0. The Labute approximate surface area is 171 Å². The standard InChI is InChI=1S/C20H21F3N6O/c1-13-17(11-19(30)27-9-8-26-18-12-24-6-7-25-18)14(2)29(28-13)16-5-3-4-15(10-16)20(21,22)23/h3-7,10,12H,8-9,11H2,1-2H3,(H,25,26)(H,27,30). The van der Waals surface area contributed by atoms with Crippen molar-refractivity contribution in [2.24, 2.45) is 0 Å². The molecule has 2 aromatic heterocycles. The van der Waals surface area contributed by atoms with Gasteiger partial charge in [0.15, 0.2) is 0 Å². The minimum atomic E-state index is -4.44. The fourth-order valence-electron chi connectivity index (χ4n) is 3.00. The van der Waals surface area contributed by atoms with Crippen LogP contribution in [-0.4, -0.2) is 38.7 Å². The molecule has 0 aliphatic carbocycles. The third-order valence-corrected chi connectivity index (χ3v) is 4.51. The van der Waals surface area contributed by atoms with Crippen molar-refractivity contribution in [2.45, 2.75) is 26.4 Å². The lowest BCUT2D eigenvalue weighted by molar-refractivity contribution is -0.137. The molecule has 0 unspecified atom stereocenters. The van der Waals surface area contributed by atoms with Crippen molar-refractivity contribution in [3.05, 3.63) is 65.4 Å². The van der Waals surface area contributed by atoms with Crippen molar-refractivity contribution in [1.82, 2.24) is 25.1 Å². The highest BCUT2D eigenvalue weighted by Crippen LogP contribution is 2.30. The molecule has 0 aliphatic rings. The smallest absolute Gasteiger partial charge is 0.367 e. The highest BCUT2D eigenvalue weighted by Gasteiger charge is 2.30. The highest BCUT2D eigenvalue weighted by atomic mass is 19.4. The second-order valence-electron chi connectivity index (χ2n) is 6.65. The summed E-state index contributed by atoms with van der Waals surface area (Å²) in [5.74, 6) is 0.409. The summed E-state index contributed by atoms with van der Waals surface area (Å²) in [6.07, 6.45) is 0.359. The number of benzene rings is 1. The first kappa shape index (κ1) is 21.3. The van der Waals surface area contributed by atoms with Crippen LogP contribution in [0.1, 0.15) is 22.5 Å². The van der Waals surface area contributed by atoms with E-state index < -0.39 is 11.7 Å². The first-order valence-electron chi connectivity index (χ1n) is 9.25. The van der Waals surface area contributed by atoms with Gasteiger partial charge < -0.3 is 10.6 Å². The summed E-state index contributed by atoms with van der Waals surface area (Å²) in [5, 5.41) is 10.2. The van der Waals surface area contributed by atoms with E-state index in [2.05, 4.69) is 25.7 Å². The summed E-state index contributed by atoms with van der Waals surface area (Å²) in [4.78, 5) is 20.3.